The summed E-state index contributed by atoms with van der Waals surface area (Å²) in [7, 11) is 0. The minimum atomic E-state index is -0.985. The lowest BCUT2D eigenvalue weighted by molar-refractivity contribution is -0.137. The standard InChI is InChI=1S/C12H19N5O3/c1-8(4-9-2-3-9)14-12(20)13-5-10-6-17(16-15-10)7-11(18)19/h6,8-9H,2-5,7H2,1H3,(H,18,19)(H2,13,14,20). The molecule has 1 atom stereocenters. The fraction of sp³-hybridized carbons (Fsp3) is 0.667. The van der Waals surface area contributed by atoms with Crippen molar-refractivity contribution < 1.29 is 14.7 Å². The molecule has 0 spiro atoms. The first kappa shape index (κ1) is 14.3. The van der Waals surface area contributed by atoms with Gasteiger partial charge in [0.1, 0.15) is 12.2 Å². The van der Waals surface area contributed by atoms with Crippen LogP contribution in [0.3, 0.4) is 0 Å². The van der Waals surface area contributed by atoms with E-state index in [0.717, 1.165) is 12.3 Å². The van der Waals surface area contributed by atoms with E-state index in [1.165, 1.54) is 23.7 Å². The molecule has 3 N–H and O–H groups in total. The van der Waals surface area contributed by atoms with Crippen LogP contribution in [-0.4, -0.2) is 38.1 Å². The van der Waals surface area contributed by atoms with Gasteiger partial charge in [0.25, 0.3) is 0 Å². The van der Waals surface area contributed by atoms with Crippen molar-refractivity contribution in [1.29, 1.82) is 0 Å². The molecule has 8 heteroatoms. The first-order chi connectivity index (χ1) is 9.52. The van der Waals surface area contributed by atoms with Gasteiger partial charge in [-0.1, -0.05) is 18.1 Å². The quantitative estimate of drug-likeness (QED) is 0.668. The topological polar surface area (TPSA) is 109 Å². The maximum atomic E-state index is 11.6. The Bertz CT molecular complexity index is 483. The van der Waals surface area contributed by atoms with Crippen LogP contribution in [0.5, 0.6) is 0 Å². The van der Waals surface area contributed by atoms with Crippen LogP contribution in [-0.2, 0) is 17.9 Å². The summed E-state index contributed by atoms with van der Waals surface area (Å²) in [6.07, 6.45) is 5.05. The molecule has 1 saturated carbocycles. The van der Waals surface area contributed by atoms with Gasteiger partial charge in [-0.25, -0.2) is 9.48 Å². The third-order valence-electron chi connectivity index (χ3n) is 3.07. The van der Waals surface area contributed by atoms with E-state index in [9.17, 15) is 9.59 Å². The molecule has 20 heavy (non-hydrogen) atoms. The van der Waals surface area contributed by atoms with Gasteiger partial charge in [-0.3, -0.25) is 4.79 Å². The fourth-order valence-corrected chi connectivity index (χ4v) is 1.99. The molecule has 1 aliphatic rings. The van der Waals surface area contributed by atoms with Crippen LogP contribution in [0.4, 0.5) is 4.79 Å². The van der Waals surface area contributed by atoms with Gasteiger partial charge in [0.05, 0.1) is 12.7 Å². The number of aliphatic carboxylic acids is 1. The van der Waals surface area contributed by atoms with Crippen molar-refractivity contribution >= 4 is 12.0 Å². The van der Waals surface area contributed by atoms with Crippen LogP contribution < -0.4 is 10.6 Å². The molecule has 0 radical (unpaired) electrons. The number of amides is 2. The van der Waals surface area contributed by atoms with Crippen molar-refractivity contribution in [2.45, 2.75) is 45.3 Å². The Hall–Kier alpha value is -2.12. The first-order valence-corrected chi connectivity index (χ1v) is 6.68. The molecule has 110 valence electrons. The highest BCUT2D eigenvalue weighted by Gasteiger charge is 2.24. The number of nitrogens with zero attached hydrogens (tertiary/aromatic N) is 3. The molecule has 1 fully saturated rings. The van der Waals surface area contributed by atoms with Gasteiger partial charge in [-0.15, -0.1) is 5.10 Å². The summed E-state index contributed by atoms with van der Waals surface area (Å²) in [5.41, 5.74) is 0.524. The van der Waals surface area contributed by atoms with Crippen LogP contribution in [0.1, 0.15) is 31.9 Å². The zero-order valence-electron chi connectivity index (χ0n) is 11.4. The number of aromatic nitrogens is 3. The molecule has 2 rings (SSSR count). The number of carboxylic acids is 1. The van der Waals surface area contributed by atoms with Crippen molar-refractivity contribution in [1.82, 2.24) is 25.6 Å². The number of rotatable bonds is 7. The normalized spacial score (nSPS) is 15.7. The molecule has 8 nitrogen and oxygen atoms in total. The van der Waals surface area contributed by atoms with Crippen molar-refractivity contribution in [3.05, 3.63) is 11.9 Å². The van der Waals surface area contributed by atoms with Crippen LogP contribution in [0.15, 0.2) is 6.20 Å². The molecule has 0 aliphatic heterocycles. The van der Waals surface area contributed by atoms with Crippen molar-refractivity contribution in [2.75, 3.05) is 0 Å². The number of carbonyl (C=O) groups is 2. The van der Waals surface area contributed by atoms with Crippen LogP contribution in [0, 0.1) is 5.92 Å². The van der Waals surface area contributed by atoms with E-state index in [0.29, 0.717) is 5.69 Å². The zero-order chi connectivity index (χ0) is 14.5. The molecule has 2 amide bonds. The van der Waals surface area contributed by atoms with Gasteiger partial charge in [0.2, 0.25) is 0 Å². The molecule has 1 aromatic heterocycles. The number of carboxylic acid groups (broad SMARTS) is 1. The largest absolute Gasteiger partial charge is 0.480 e. The number of hydrogen-bond donors (Lipinski definition) is 3. The third kappa shape index (κ3) is 4.87. The van der Waals surface area contributed by atoms with Gasteiger partial charge in [0.15, 0.2) is 0 Å². The molecule has 0 bridgehead atoms. The number of hydrogen-bond acceptors (Lipinski definition) is 4. The van der Waals surface area contributed by atoms with Crippen LogP contribution >= 0.6 is 0 Å². The second kappa shape index (κ2) is 6.36. The Morgan fingerprint density at radius 3 is 2.95 bits per heavy atom. The summed E-state index contributed by atoms with van der Waals surface area (Å²) in [5.74, 6) is -0.220. The lowest BCUT2D eigenvalue weighted by Crippen LogP contribution is -2.40. The highest BCUT2D eigenvalue weighted by Crippen LogP contribution is 2.33. The monoisotopic (exact) mass is 281 g/mol. The third-order valence-corrected chi connectivity index (χ3v) is 3.07. The highest BCUT2D eigenvalue weighted by atomic mass is 16.4. The minimum absolute atomic E-state index is 0.158. The lowest BCUT2D eigenvalue weighted by Gasteiger charge is -2.13. The SMILES string of the molecule is CC(CC1CC1)NC(=O)NCc1cn(CC(=O)O)nn1. The maximum absolute atomic E-state index is 11.6. The van der Waals surface area contributed by atoms with Crippen molar-refractivity contribution in [2.24, 2.45) is 5.92 Å². The molecular formula is C12H19N5O3. The fourth-order valence-electron chi connectivity index (χ4n) is 1.99. The molecule has 0 aromatic carbocycles. The summed E-state index contributed by atoms with van der Waals surface area (Å²) >= 11 is 0. The molecular weight excluding hydrogens is 262 g/mol. The smallest absolute Gasteiger partial charge is 0.325 e. The van der Waals surface area contributed by atoms with E-state index >= 15 is 0 Å². The van der Waals surface area contributed by atoms with E-state index in [1.807, 2.05) is 6.92 Å². The van der Waals surface area contributed by atoms with Gasteiger partial charge < -0.3 is 15.7 Å². The van der Waals surface area contributed by atoms with E-state index in [1.54, 1.807) is 0 Å². The zero-order valence-corrected chi connectivity index (χ0v) is 11.4. The van der Waals surface area contributed by atoms with E-state index in [4.69, 9.17) is 5.11 Å². The maximum Gasteiger partial charge on any atom is 0.325 e. The summed E-state index contributed by atoms with van der Waals surface area (Å²) < 4.78 is 1.22. The Kier molecular flexibility index (Phi) is 4.54. The molecule has 0 saturated heterocycles. The van der Waals surface area contributed by atoms with Crippen LogP contribution in [0.25, 0.3) is 0 Å². The second-order valence-corrected chi connectivity index (χ2v) is 5.21. The predicted octanol–water partition coefficient (Wildman–Crippen LogP) is 0.350. The van der Waals surface area contributed by atoms with Crippen LogP contribution in [0.2, 0.25) is 0 Å². The Morgan fingerprint density at radius 1 is 1.55 bits per heavy atom. The summed E-state index contributed by atoms with van der Waals surface area (Å²) in [4.78, 5) is 22.1. The first-order valence-electron chi connectivity index (χ1n) is 6.68. The van der Waals surface area contributed by atoms with Gasteiger partial charge in [-0.2, -0.15) is 0 Å². The number of carbonyl (C=O) groups excluding carboxylic acids is 1. The lowest BCUT2D eigenvalue weighted by atomic mass is 10.2. The molecule has 1 unspecified atom stereocenters. The van der Waals surface area contributed by atoms with E-state index in [2.05, 4.69) is 20.9 Å². The van der Waals surface area contributed by atoms with Gasteiger partial charge in [-0.05, 0) is 19.3 Å². The number of urea groups is 1. The minimum Gasteiger partial charge on any atom is -0.480 e. The Balaban J connectivity index is 1.69. The van der Waals surface area contributed by atoms with Gasteiger partial charge >= 0.3 is 12.0 Å². The van der Waals surface area contributed by atoms with E-state index in [-0.39, 0.29) is 25.2 Å². The van der Waals surface area contributed by atoms with Crippen molar-refractivity contribution in [3.63, 3.8) is 0 Å². The Morgan fingerprint density at radius 2 is 2.30 bits per heavy atom. The molecule has 1 aliphatic carbocycles. The number of nitrogens with one attached hydrogen (secondary N) is 2. The Labute approximate surface area is 116 Å². The predicted molar refractivity (Wildman–Crippen MR) is 69.8 cm³/mol. The highest BCUT2D eigenvalue weighted by molar-refractivity contribution is 5.74. The molecule has 1 aromatic rings. The molecule has 1 heterocycles. The van der Waals surface area contributed by atoms with Crippen molar-refractivity contribution in [3.8, 4) is 0 Å². The summed E-state index contributed by atoms with van der Waals surface area (Å²) in [6.45, 7) is 1.97. The summed E-state index contributed by atoms with van der Waals surface area (Å²) in [5, 5.41) is 21.6. The summed E-state index contributed by atoms with van der Waals surface area (Å²) in [6, 6.07) is -0.0869. The van der Waals surface area contributed by atoms with E-state index < -0.39 is 5.97 Å². The average Bonchev–Trinajstić information content (AvgIpc) is 3.04. The second-order valence-electron chi connectivity index (χ2n) is 5.21. The average molecular weight is 281 g/mol. The van der Waals surface area contributed by atoms with Gasteiger partial charge in [0, 0.05) is 6.04 Å².